The molecule has 2 aromatic carbocycles. The lowest BCUT2D eigenvalue weighted by molar-refractivity contribution is -0.385. The molecular formula is C22H24N4O4S. The number of anilines is 1. The van der Waals surface area contributed by atoms with Crippen LogP contribution < -0.4 is 4.90 Å². The first kappa shape index (κ1) is 21.3. The predicted molar refractivity (Wildman–Crippen MR) is 116 cm³/mol. The fraction of sp³-hybridized carbons (Fsp3) is 0.409. The van der Waals surface area contributed by atoms with Gasteiger partial charge in [-0.25, -0.2) is 8.42 Å². The molecule has 8 nitrogen and oxygen atoms in total. The second-order valence-electron chi connectivity index (χ2n) is 7.94. The molecule has 0 saturated carbocycles. The highest BCUT2D eigenvalue weighted by Crippen LogP contribution is 2.40. The van der Waals surface area contributed by atoms with Crippen molar-refractivity contribution in [3.05, 3.63) is 64.2 Å². The molecule has 4 rings (SSSR count). The van der Waals surface area contributed by atoms with E-state index in [0.29, 0.717) is 25.3 Å². The highest BCUT2D eigenvalue weighted by molar-refractivity contribution is 7.89. The number of nitro benzene ring substituents is 1. The Labute approximate surface area is 181 Å². The van der Waals surface area contributed by atoms with E-state index < -0.39 is 20.9 Å². The average Bonchev–Trinajstić information content (AvgIpc) is 3.48. The highest BCUT2D eigenvalue weighted by atomic mass is 32.2. The van der Waals surface area contributed by atoms with Crippen molar-refractivity contribution in [3.63, 3.8) is 0 Å². The Bertz CT molecular complexity index is 1110. The molecule has 31 heavy (non-hydrogen) atoms. The maximum absolute atomic E-state index is 13.4. The summed E-state index contributed by atoms with van der Waals surface area (Å²) >= 11 is 0. The van der Waals surface area contributed by atoms with E-state index in [9.17, 15) is 23.8 Å². The third-order valence-electron chi connectivity index (χ3n) is 6.13. The standard InChI is InChI=1S/C22H24N4O4S/c23-16-19(17-7-2-1-3-8-17)20-9-6-14-25(20)21-11-10-18(26(27)28)15-22(21)31(29,30)24-12-4-5-13-24/h1-3,7-8,10-11,15,19-20H,4-6,9,12-14H2. The van der Waals surface area contributed by atoms with Gasteiger partial charge in [-0.2, -0.15) is 9.57 Å². The van der Waals surface area contributed by atoms with Gasteiger partial charge >= 0.3 is 0 Å². The van der Waals surface area contributed by atoms with Gasteiger partial charge in [0, 0.05) is 37.8 Å². The van der Waals surface area contributed by atoms with E-state index in [0.717, 1.165) is 31.2 Å². The van der Waals surface area contributed by atoms with Crippen LogP contribution in [0.15, 0.2) is 53.4 Å². The minimum atomic E-state index is -3.88. The number of sulfonamides is 1. The first-order valence-corrected chi connectivity index (χ1v) is 11.9. The normalized spacial score (nSPS) is 20.5. The Hall–Kier alpha value is -2.96. The third-order valence-corrected chi connectivity index (χ3v) is 8.06. The number of non-ortho nitro benzene ring substituents is 1. The largest absolute Gasteiger partial charge is 0.366 e. The van der Waals surface area contributed by atoms with Gasteiger partial charge in [-0.3, -0.25) is 10.1 Å². The van der Waals surface area contributed by atoms with E-state index in [2.05, 4.69) is 6.07 Å². The lowest BCUT2D eigenvalue weighted by atomic mass is 9.91. The van der Waals surface area contributed by atoms with Crippen LogP contribution in [0.1, 0.15) is 37.2 Å². The number of hydrogen-bond acceptors (Lipinski definition) is 6. The van der Waals surface area contributed by atoms with Gasteiger partial charge in [-0.05, 0) is 37.3 Å². The number of nitro groups is 1. The number of rotatable bonds is 6. The molecule has 0 N–H and O–H groups in total. The van der Waals surface area contributed by atoms with Crippen molar-refractivity contribution in [1.29, 1.82) is 5.26 Å². The smallest absolute Gasteiger partial charge is 0.270 e. The molecule has 2 heterocycles. The molecule has 2 aromatic rings. The zero-order valence-electron chi connectivity index (χ0n) is 17.1. The van der Waals surface area contributed by atoms with Crippen molar-refractivity contribution < 1.29 is 13.3 Å². The quantitative estimate of drug-likeness (QED) is 0.501. The Morgan fingerprint density at radius 1 is 1.06 bits per heavy atom. The van der Waals surface area contributed by atoms with Gasteiger partial charge in [0.05, 0.1) is 22.6 Å². The van der Waals surface area contributed by atoms with Crippen molar-refractivity contribution >= 4 is 21.4 Å². The van der Waals surface area contributed by atoms with Crippen LogP contribution in [-0.2, 0) is 10.0 Å². The van der Waals surface area contributed by atoms with Crippen molar-refractivity contribution in [1.82, 2.24) is 4.31 Å². The number of benzene rings is 2. The van der Waals surface area contributed by atoms with Gasteiger partial charge in [-0.1, -0.05) is 30.3 Å². The van der Waals surface area contributed by atoms with Crippen molar-refractivity contribution in [2.75, 3.05) is 24.5 Å². The number of nitrogens with zero attached hydrogens (tertiary/aromatic N) is 4. The summed E-state index contributed by atoms with van der Waals surface area (Å²) in [4.78, 5) is 12.7. The summed E-state index contributed by atoms with van der Waals surface area (Å²) in [5.41, 5.74) is 1.07. The van der Waals surface area contributed by atoms with Gasteiger partial charge in [0.1, 0.15) is 4.90 Å². The second-order valence-corrected chi connectivity index (χ2v) is 9.85. The fourth-order valence-electron chi connectivity index (χ4n) is 4.61. The van der Waals surface area contributed by atoms with Gasteiger partial charge in [0.2, 0.25) is 10.0 Å². The zero-order valence-corrected chi connectivity index (χ0v) is 17.9. The topological polar surface area (TPSA) is 108 Å². The van der Waals surface area contributed by atoms with Crippen LogP contribution in [0.5, 0.6) is 0 Å². The maximum Gasteiger partial charge on any atom is 0.270 e. The number of hydrogen-bond donors (Lipinski definition) is 0. The second kappa shape index (κ2) is 8.65. The van der Waals surface area contributed by atoms with Crippen LogP contribution in [0, 0.1) is 21.4 Å². The van der Waals surface area contributed by atoms with E-state index in [1.807, 2.05) is 35.2 Å². The summed E-state index contributed by atoms with van der Waals surface area (Å²) in [7, 11) is -3.88. The maximum atomic E-state index is 13.4. The molecule has 2 unspecified atom stereocenters. The summed E-state index contributed by atoms with van der Waals surface area (Å²) in [5.74, 6) is -0.429. The number of nitriles is 1. The lowest BCUT2D eigenvalue weighted by Gasteiger charge is -2.32. The fourth-order valence-corrected chi connectivity index (χ4v) is 6.35. The first-order valence-electron chi connectivity index (χ1n) is 10.4. The summed E-state index contributed by atoms with van der Waals surface area (Å²) < 4.78 is 28.2. The van der Waals surface area contributed by atoms with E-state index in [1.165, 1.54) is 22.5 Å². The molecule has 0 aromatic heterocycles. The Kier molecular flexibility index (Phi) is 5.94. The van der Waals surface area contributed by atoms with E-state index in [1.54, 1.807) is 0 Å². The average molecular weight is 441 g/mol. The van der Waals surface area contributed by atoms with Gasteiger partial charge in [0.15, 0.2) is 0 Å². The summed E-state index contributed by atoms with van der Waals surface area (Å²) in [6.07, 6.45) is 3.11. The van der Waals surface area contributed by atoms with Gasteiger partial charge in [0.25, 0.3) is 5.69 Å². The SMILES string of the molecule is N#CC(c1ccccc1)C1CCCN1c1ccc([N+](=O)[O-])cc1S(=O)(=O)N1CCCC1. The van der Waals surface area contributed by atoms with Crippen LogP contribution in [0.3, 0.4) is 0 Å². The molecule has 162 valence electrons. The first-order chi connectivity index (χ1) is 14.9. The molecule has 0 bridgehead atoms. The van der Waals surface area contributed by atoms with Crippen molar-refractivity contribution in [2.24, 2.45) is 0 Å². The van der Waals surface area contributed by atoms with Gasteiger partial charge in [-0.15, -0.1) is 0 Å². The minimum Gasteiger partial charge on any atom is -0.366 e. The van der Waals surface area contributed by atoms with Crippen LogP contribution in [0.2, 0.25) is 0 Å². The van der Waals surface area contributed by atoms with E-state index in [4.69, 9.17) is 0 Å². The van der Waals surface area contributed by atoms with Crippen LogP contribution in [-0.4, -0.2) is 43.3 Å². The van der Waals surface area contributed by atoms with Crippen LogP contribution in [0.25, 0.3) is 0 Å². The highest BCUT2D eigenvalue weighted by Gasteiger charge is 2.38. The Morgan fingerprint density at radius 2 is 1.77 bits per heavy atom. The zero-order chi connectivity index (χ0) is 22.0. The van der Waals surface area contributed by atoms with Gasteiger partial charge < -0.3 is 4.90 Å². The molecule has 2 saturated heterocycles. The van der Waals surface area contributed by atoms with E-state index >= 15 is 0 Å². The Balaban J connectivity index is 1.79. The molecule has 2 atom stereocenters. The monoisotopic (exact) mass is 440 g/mol. The molecular weight excluding hydrogens is 416 g/mol. The minimum absolute atomic E-state index is 0.0414. The lowest BCUT2D eigenvalue weighted by Crippen LogP contribution is -2.36. The molecule has 0 amide bonds. The molecule has 2 fully saturated rings. The summed E-state index contributed by atoms with van der Waals surface area (Å²) in [6.45, 7) is 1.42. The summed E-state index contributed by atoms with van der Waals surface area (Å²) in [5, 5.41) is 21.3. The summed E-state index contributed by atoms with van der Waals surface area (Å²) in [6, 6.07) is 15.7. The molecule has 9 heteroatoms. The molecule has 2 aliphatic rings. The van der Waals surface area contributed by atoms with Crippen LogP contribution >= 0.6 is 0 Å². The third kappa shape index (κ3) is 4.01. The Morgan fingerprint density at radius 3 is 2.42 bits per heavy atom. The van der Waals surface area contributed by atoms with Crippen molar-refractivity contribution in [3.8, 4) is 6.07 Å². The molecule has 0 radical (unpaired) electrons. The molecule has 2 aliphatic heterocycles. The van der Waals surface area contributed by atoms with E-state index in [-0.39, 0.29) is 16.6 Å². The van der Waals surface area contributed by atoms with Crippen molar-refractivity contribution in [2.45, 2.75) is 42.5 Å². The van der Waals surface area contributed by atoms with Crippen LogP contribution in [0.4, 0.5) is 11.4 Å². The molecule has 0 spiro atoms. The predicted octanol–water partition coefficient (Wildman–Crippen LogP) is 3.66. The molecule has 0 aliphatic carbocycles.